The van der Waals surface area contributed by atoms with Gasteiger partial charge in [0.1, 0.15) is 0 Å². The molecule has 0 aromatic heterocycles. The second-order valence-corrected chi connectivity index (χ2v) is 13.3. The van der Waals surface area contributed by atoms with Crippen LogP contribution in [0.25, 0.3) is 33.7 Å². The second kappa shape index (κ2) is 14.8. The average molecular weight is 671 g/mol. The SMILES string of the molecule is CCc1ccc(N(c2ccc(C=Cc3ccc(N(c4ccc(CC)cc4)c4ccc5ccccc5c4)cc3)cc2)c2ccc3ccccc3c2)cc1. The van der Waals surface area contributed by atoms with Crippen LogP contribution in [0.15, 0.2) is 182 Å². The number of benzene rings is 8. The molecule has 2 heteroatoms. The van der Waals surface area contributed by atoms with Crippen molar-refractivity contribution in [2.24, 2.45) is 0 Å². The highest BCUT2D eigenvalue weighted by Crippen LogP contribution is 2.38. The minimum absolute atomic E-state index is 1.02. The standard InChI is InChI=1S/C50H42N2/c1-3-37-15-25-45(26-16-37)51(49-33-23-41-9-5-7-11-43(41)35-49)47-29-19-39(20-30-47)13-14-40-21-31-48(32-22-40)52(46-27-17-38(4-2)18-28-46)50-34-24-42-10-6-8-12-44(42)36-50/h5-36H,3-4H2,1-2H3. The maximum absolute atomic E-state index is 2.34. The van der Waals surface area contributed by atoms with Gasteiger partial charge < -0.3 is 9.80 Å². The number of hydrogen-bond donors (Lipinski definition) is 0. The summed E-state index contributed by atoms with van der Waals surface area (Å²) in [4.78, 5) is 4.68. The van der Waals surface area contributed by atoms with Crippen LogP contribution in [0, 0.1) is 0 Å². The molecular weight excluding hydrogens is 629 g/mol. The number of hydrogen-bond acceptors (Lipinski definition) is 2. The molecule has 0 radical (unpaired) electrons. The molecule has 0 atom stereocenters. The Morgan fingerprint density at radius 3 is 0.981 bits per heavy atom. The molecule has 0 aliphatic carbocycles. The highest BCUT2D eigenvalue weighted by atomic mass is 15.1. The van der Waals surface area contributed by atoms with Crippen LogP contribution in [-0.2, 0) is 12.8 Å². The van der Waals surface area contributed by atoms with Crippen molar-refractivity contribution in [3.05, 3.63) is 204 Å². The van der Waals surface area contributed by atoms with Gasteiger partial charge in [0, 0.05) is 34.1 Å². The molecule has 0 spiro atoms. The average Bonchev–Trinajstić information content (AvgIpc) is 3.21. The van der Waals surface area contributed by atoms with E-state index in [0.717, 1.165) is 58.1 Å². The fourth-order valence-corrected chi connectivity index (χ4v) is 6.95. The molecule has 8 aromatic carbocycles. The lowest BCUT2D eigenvalue weighted by atomic mass is 10.1. The lowest BCUT2D eigenvalue weighted by Crippen LogP contribution is -2.10. The number of rotatable bonds is 10. The summed E-state index contributed by atoms with van der Waals surface area (Å²) in [6, 6.07) is 66.0. The van der Waals surface area contributed by atoms with Crippen molar-refractivity contribution in [3.63, 3.8) is 0 Å². The van der Waals surface area contributed by atoms with Gasteiger partial charge in [0.05, 0.1) is 0 Å². The zero-order valence-electron chi connectivity index (χ0n) is 29.8. The Morgan fingerprint density at radius 1 is 0.327 bits per heavy atom. The van der Waals surface area contributed by atoms with E-state index in [2.05, 4.69) is 218 Å². The first kappa shape index (κ1) is 32.8. The molecule has 0 aliphatic heterocycles. The van der Waals surface area contributed by atoms with Crippen molar-refractivity contribution in [2.75, 3.05) is 9.80 Å². The monoisotopic (exact) mass is 670 g/mol. The van der Waals surface area contributed by atoms with E-state index in [0.29, 0.717) is 0 Å². The van der Waals surface area contributed by atoms with E-state index in [1.165, 1.54) is 32.7 Å². The Labute approximate surface area is 307 Å². The van der Waals surface area contributed by atoms with E-state index < -0.39 is 0 Å². The fourth-order valence-electron chi connectivity index (χ4n) is 6.95. The van der Waals surface area contributed by atoms with Crippen LogP contribution in [-0.4, -0.2) is 0 Å². The maximum atomic E-state index is 2.34. The quantitative estimate of drug-likeness (QED) is 0.134. The third-order valence-corrected chi connectivity index (χ3v) is 9.96. The molecule has 52 heavy (non-hydrogen) atoms. The second-order valence-electron chi connectivity index (χ2n) is 13.3. The van der Waals surface area contributed by atoms with Gasteiger partial charge in [-0.15, -0.1) is 0 Å². The summed E-state index contributed by atoms with van der Waals surface area (Å²) < 4.78 is 0. The van der Waals surface area contributed by atoms with Gasteiger partial charge in [-0.05, 0) is 129 Å². The molecule has 8 rings (SSSR count). The van der Waals surface area contributed by atoms with Crippen LogP contribution < -0.4 is 9.80 Å². The smallest absolute Gasteiger partial charge is 0.0468 e. The van der Waals surface area contributed by atoms with Gasteiger partial charge in [-0.1, -0.05) is 135 Å². The van der Waals surface area contributed by atoms with Crippen molar-refractivity contribution in [1.29, 1.82) is 0 Å². The van der Waals surface area contributed by atoms with Crippen molar-refractivity contribution in [2.45, 2.75) is 26.7 Å². The molecule has 0 saturated carbocycles. The van der Waals surface area contributed by atoms with Crippen molar-refractivity contribution in [3.8, 4) is 0 Å². The van der Waals surface area contributed by atoms with Gasteiger partial charge in [-0.25, -0.2) is 0 Å². The van der Waals surface area contributed by atoms with E-state index in [4.69, 9.17) is 0 Å². The van der Waals surface area contributed by atoms with Crippen LogP contribution in [0.5, 0.6) is 0 Å². The molecule has 0 fully saturated rings. The lowest BCUT2D eigenvalue weighted by molar-refractivity contribution is 1.14. The van der Waals surface area contributed by atoms with Gasteiger partial charge in [0.15, 0.2) is 0 Å². The van der Waals surface area contributed by atoms with Crippen LogP contribution in [0.1, 0.15) is 36.1 Å². The zero-order chi connectivity index (χ0) is 35.3. The summed E-state index contributed by atoms with van der Waals surface area (Å²) in [5.74, 6) is 0. The predicted molar refractivity (Wildman–Crippen MR) is 225 cm³/mol. The Hall–Kier alpha value is -6.38. The van der Waals surface area contributed by atoms with Gasteiger partial charge >= 0.3 is 0 Å². The van der Waals surface area contributed by atoms with E-state index in [9.17, 15) is 0 Å². The molecule has 0 aliphatic rings. The minimum atomic E-state index is 1.02. The van der Waals surface area contributed by atoms with Crippen LogP contribution in [0.2, 0.25) is 0 Å². The van der Waals surface area contributed by atoms with Crippen LogP contribution >= 0.6 is 0 Å². The minimum Gasteiger partial charge on any atom is -0.310 e. The third kappa shape index (κ3) is 6.97. The summed E-state index contributed by atoms with van der Waals surface area (Å²) in [6.07, 6.45) is 6.44. The highest BCUT2D eigenvalue weighted by Gasteiger charge is 2.15. The van der Waals surface area contributed by atoms with Gasteiger partial charge in [-0.3, -0.25) is 0 Å². The first-order valence-electron chi connectivity index (χ1n) is 18.3. The number of aryl methyl sites for hydroxylation is 2. The topological polar surface area (TPSA) is 6.48 Å². The van der Waals surface area contributed by atoms with E-state index >= 15 is 0 Å². The lowest BCUT2D eigenvalue weighted by Gasteiger charge is -2.26. The summed E-state index contributed by atoms with van der Waals surface area (Å²) >= 11 is 0. The molecule has 0 amide bonds. The number of anilines is 6. The Balaban J connectivity index is 1.06. The van der Waals surface area contributed by atoms with Gasteiger partial charge in [0.2, 0.25) is 0 Å². The molecule has 252 valence electrons. The molecular formula is C50H42N2. The molecule has 8 aromatic rings. The van der Waals surface area contributed by atoms with Crippen molar-refractivity contribution < 1.29 is 0 Å². The van der Waals surface area contributed by atoms with Crippen LogP contribution in [0.3, 0.4) is 0 Å². The molecule has 0 N–H and O–H groups in total. The maximum Gasteiger partial charge on any atom is 0.0468 e. The van der Waals surface area contributed by atoms with E-state index in [1.807, 2.05) is 0 Å². The first-order chi connectivity index (χ1) is 25.6. The highest BCUT2D eigenvalue weighted by molar-refractivity contribution is 5.91. The van der Waals surface area contributed by atoms with Crippen molar-refractivity contribution >= 4 is 67.8 Å². The van der Waals surface area contributed by atoms with E-state index in [-0.39, 0.29) is 0 Å². The zero-order valence-corrected chi connectivity index (χ0v) is 29.8. The molecule has 2 nitrogen and oxygen atoms in total. The molecule has 0 saturated heterocycles. The van der Waals surface area contributed by atoms with Crippen molar-refractivity contribution in [1.82, 2.24) is 0 Å². The summed E-state index contributed by atoms with van der Waals surface area (Å²) in [5.41, 5.74) is 11.8. The Kier molecular flexibility index (Phi) is 9.37. The molecule has 0 bridgehead atoms. The third-order valence-electron chi connectivity index (χ3n) is 9.96. The molecule has 0 heterocycles. The Morgan fingerprint density at radius 2 is 0.635 bits per heavy atom. The normalized spacial score (nSPS) is 11.3. The summed E-state index contributed by atoms with van der Waals surface area (Å²) in [5, 5.41) is 4.95. The summed E-state index contributed by atoms with van der Waals surface area (Å²) in [6.45, 7) is 4.40. The summed E-state index contributed by atoms with van der Waals surface area (Å²) in [7, 11) is 0. The van der Waals surface area contributed by atoms with Gasteiger partial charge in [0.25, 0.3) is 0 Å². The number of fused-ring (bicyclic) bond motifs is 2. The van der Waals surface area contributed by atoms with E-state index in [1.54, 1.807) is 0 Å². The molecule has 0 unspecified atom stereocenters. The first-order valence-corrected chi connectivity index (χ1v) is 18.3. The predicted octanol–water partition coefficient (Wildman–Crippen LogP) is 14.2. The van der Waals surface area contributed by atoms with Crippen LogP contribution in [0.4, 0.5) is 34.1 Å². The van der Waals surface area contributed by atoms with Gasteiger partial charge in [-0.2, -0.15) is 0 Å². The largest absolute Gasteiger partial charge is 0.310 e. The Bertz CT molecular complexity index is 2280. The fraction of sp³-hybridized carbons (Fsp3) is 0.0800. The number of nitrogens with zero attached hydrogens (tertiary/aromatic N) is 2.